The van der Waals surface area contributed by atoms with Gasteiger partial charge in [-0.15, -0.1) is 0 Å². The number of amides is 2. The largest absolute Gasteiger partial charge is 0.416 e. The van der Waals surface area contributed by atoms with Crippen molar-refractivity contribution in [2.75, 3.05) is 11.4 Å². The number of rotatable bonds is 6. The van der Waals surface area contributed by atoms with Crippen LogP contribution in [-0.4, -0.2) is 32.8 Å². The molecular weight excluding hydrogens is 423 g/mol. The van der Waals surface area contributed by atoms with Gasteiger partial charge in [-0.25, -0.2) is 18.5 Å². The number of nitrogens with zero attached hydrogens (tertiary/aromatic N) is 1. The zero-order valence-corrected chi connectivity index (χ0v) is 16.4. The van der Waals surface area contributed by atoms with Crippen LogP contribution >= 0.6 is 0 Å². The fourth-order valence-electron chi connectivity index (χ4n) is 3.21. The molecule has 0 bridgehead atoms. The van der Waals surface area contributed by atoms with Gasteiger partial charge >= 0.3 is 6.18 Å². The number of primary sulfonamides is 1. The molecule has 1 atom stereocenters. The number of imide groups is 1. The van der Waals surface area contributed by atoms with Crippen molar-refractivity contribution in [3.05, 3.63) is 59.7 Å². The quantitative estimate of drug-likeness (QED) is 0.644. The first kappa shape index (κ1) is 21.9. The first-order valence-corrected chi connectivity index (χ1v) is 10.5. The van der Waals surface area contributed by atoms with Crippen LogP contribution in [0.25, 0.3) is 0 Å². The number of anilines is 1. The summed E-state index contributed by atoms with van der Waals surface area (Å²) in [5, 5.41) is 6.74. The van der Waals surface area contributed by atoms with Gasteiger partial charge < -0.3 is 5.32 Å². The molecule has 1 aliphatic rings. The zero-order valence-electron chi connectivity index (χ0n) is 15.6. The molecule has 3 rings (SSSR count). The van der Waals surface area contributed by atoms with Crippen LogP contribution in [0.2, 0.25) is 0 Å². The molecule has 1 saturated heterocycles. The summed E-state index contributed by atoms with van der Waals surface area (Å²) in [6, 6.07) is 9.22. The molecule has 7 nitrogen and oxygen atoms in total. The minimum absolute atomic E-state index is 0.000944. The van der Waals surface area contributed by atoms with Crippen LogP contribution in [-0.2, 0) is 32.2 Å². The zero-order chi connectivity index (χ0) is 22.1. The number of sulfonamides is 1. The SMILES string of the molecule is NS(=O)(=O)c1ccc(CC[NH2+][C@H]2CC(=O)N(c3ccc(C(F)(F)F)cc3)C2=O)cc1. The van der Waals surface area contributed by atoms with Crippen molar-refractivity contribution in [2.45, 2.75) is 30.0 Å². The summed E-state index contributed by atoms with van der Waals surface area (Å²) in [5.74, 6) is -0.956. The highest BCUT2D eigenvalue weighted by Crippen LogP contribution is 2.31. The first-order valence-electron chi connectivity index (χ1n) is 8.96. The minimum Gasteiger partial charge on any atom is -0.335 e. The lowest BCUT2D eigenvalue weighted by Crippen LogP contribution is -2.92. The number of benzene rings is 2. The van der Waals surface area contributed by atoms with E-state index in [1.165, 1.54) is 12.1 Å². The van der Waals surface area contributed by atoms with Crippen LogP contribution in [0.3, 0.4) is 0 Å². The Morgan fingerprint density at radius 1 is 1.03 bits per heavy atom. The molecule has 2 aromatic carbocycles. The molecule has 0 saturated carbocycles. The fourth-order valence-corrected chi connectivity index (χ4v) is 3.72. The summed E-state index contributed by atoms with van der Waals surface area (Å²) >= 11 is 0. The second-order valence-electron chi connectivity index (χ2n) is 6.89. The average molecular weight is 442 g/mol. The third-order valence-electron chi connectivity index (χ3n) is 4.77. The molecule has 1 heterocycles. The maximum Gasteiger partial charge on any atom is 0.416 e. The lowest BCUT2D eigenvalue weighted by molar-refractivity contribution is -0.674. The molecular formula is C19H19F3N3O4S+. The Bertz CT molecular complexity index is 1050. The summed E-state index contributed by atoms with van der Waals surface area (Å²) in [5.41, 5.74) is 0.0735. The molecule has 11 heteroatoms. The molecule has 160 valence electrons. The van der Waals surface area contributed by atoms with E-state index in [1.54, 1.807) is 17.4 Å². The Labute approximate surface area is 170 Å². The van der Waals surface area contributed by atoms with E-state index in [-0.39, 0.29) is 17.0 Å². The number of quaternary nitrogens is 1. The highest BCUT2D eigenvalue weighted by molar-refractivity contribution is 7.89. The van der Waals surface area contributed by atoms with Crippen molar-refractivity contribution in [3.63, 3.8) is 0 Å². The molecule has 0 aliphatic carbocycles. The van der Waals surface area contributed by atoms with Gasteiger partial charge in [0.2, 0.25) is 15.9 Å². The summed E-state index contributed by atoms with van der Waals surface area (Å²) in [4.78, 5) is 25.7. The summed E-state index contributed by atoms with van der Waals surface area (Å²) in [6.45, 7) is 0.458. The topological polar surface area (TPSA) is 114 Å². The van der Waals surface area contributed by atoms with Crippen molar-refractivity contribution in [1.82, 2.24) is 0 Å². The lowest BCUT2D eigenvalue weighted by atomic mass is 10.1. The molecule has 1 fully saturated rings. The maximum absolute atomic E-state index is 12.7. The fraction of sp³-hybridized carbons (Fsp3) is 0.263. The third kappa shape index (κ3) is 4.86. The Balaban J connectivity index is 1.60. The Morgan fingerprint density at radius 2 is 1.63 bits per heavy atom. The third-order valence-corrected chi connectivity index (χ3v) is 5.70. The van der Waals surface area contributed by atoms with E-state index in [9.17, 15) is 31.2 Å². The van der Waals surface area contributed by atoms with Gasteiger partial charge in [-0.1, -0.05) is 12.1 Å². The van der Waals surface area contributed by atoms with E-state index in [0.29, 0.717) is 13.0 Å². The Kier molecular flexibility index (Phi) is 5.97. The Hall–Kier alpha value is -2.76. The molecule has 0 unspecified atom stereocenters. The van der Waals surface area contributed by atoms with Gasteiger partial charge in [0.05, 0.1) is 29.1 Å². The average Bonchev–Trinajstić information content (AvgIpc) is 2.94. The molecule has 2 aromatic rings. The molecule has 0 radical (unpaired) electrons. The standard InChI is InChI=1S/C19H18F3N3O4S/c20-19(21,22)13-3-5-14(6-4-13)25-17(26)11-16(18(25)27)24-10-9-12-1-7-15(8-2-12)30(23,28)29/h1-8,16,24H,9-11H2,(H2,23,28,29)/p+1/t16-/m0/s1. The predicted octanol–water partition coefficient (Wildman–Crippen LogP) is 0.791. The summed E-state index contributed by atoms with van der Waals surface area (Å²) in [7, 11) is -3.77. The molecule has 0 spiro atoms. The van der Waals surface area contributed by atoms with Gasteiger partial charge in [0, 0.05) is 6.42 Å². The van der Waals surface area contributed by atoms with E-state index in [0.717, 1.165) is 34.7 Å². The van der Waals surface area contributed by atoms with Crippen LogP contribution in [0.1, 0.15) is 17.5 Å². The second-order valence-corrected chi connectivity index (χ2v) is 8.45. The first-order chi connectivity index (χ1) is 14.0. The van der Waals surface area contributed by atoms with Crippen molar-refractivity contribution in [1.29, 1.82) is 0 Å². The highest BCUT2D eigenvalue weighted by Gasteiger charge is 2.42. The number of alkyl halides is 3. The second kappa shape index (κ2) is 8.17. The van der Waals surface area contributed by atoms with E-state index < -0.39 is 39.6 Å². The van der Waals surface area contributed by atoms with Gasteiger partial charge in [0.1, 0.15) is 0 Å². The normalized spacial score (nSPS) is 17.6. The number of hydrogen-bond donors (Lipinski definition) is 2. The highest BCUT2D eigenvalue weighted by atomic mass is 32.2. The van der Waals surface area contributed by atoms with Crippen molar-refractivity contribution < 1.29 is 36.5 Å². The van der Waals surface area contributed by atoms with Gasteiger partial charge in [0.25, 0.3) is 5.91 Å². The molecule has 4 N–H and O–H groups in total. The van der Waals surface area contributed by atoms with Crippen LogP contribution in [0, 0.1) is 0 Å². The number of carbonyl (C=O) groups is 2. The van der Waals surface area contributed by atoms with Crippen LogP contribution in [0.4, 0.5) is 18.9 Å². The number of nitrogens with two attached hydrogens (primary N) is 2. The number of halogens is 3. The molecule has 1 aliphatic heterocycles. The van der Waals surface area contributed by atoms with E-state index in [1.807, 2.05) is 0 Å². The monoisotopic (exact) mass is 442 g/mol. The van der Waals surface area contributed by atoms with Crippen molar-refractivity contribution in [3.8, 4) is 0 Å². The smallest absolute Gasteiger partial charge is 0.335 e. The number of carbonyl (C=O) groups excluding carboxylic acids is 2. The van der Waals surface area contributed by atoms with Crippen LogP contribution in [0.15, 0.2) is 53.4 Å². The van der Waals surface area contributed by atoms with Crippen molar-refractivity contribution in [2.24, 2.45) is 5.14 Å². The van der Waals surface area contributed by atoms with Gasteiger partial charge in [0.15, 0.2) is 6.04 Å². The molecule has 0 aromatic heterocycles. The molecule has 30 heavy (non-hydrogen) atoms. The summed E-state index contributed by atoms with van der Waals surface area (Å²) in [6.07, 6.45) is -4.03. The Morgan fingerprint density at radius 3 is 2.17 bits per heavy atom. The van der Waals surface area contributed by atoms with Crippen LogP contribution < -0.4 is 15.4 Å². The van der Waals surface area contributed by atoms with Gasteiger partial charge in [-0.2, -0.15) is 13.2 Å². The summed E-state index contributed by atoms with van der Waals surface area (Å²) < 4.78 is 60.6. The van der Waals surface area contributed by atoms with Gasteiger partial charge in [-0.3, -0.25) is 9.59 Å². The predicted molar refractivity (Wildman–Crippen MR) is 101 cm³/mol. The van der Waals surface area contributed by atoms with Gasteiger partial charge in [-0.05, 0) is 42.0 Å². The van der Waals surface area contributed by atoms with E-state index >= 15 is 0 Å². The molecule has 2 amide bonds. The van der Waals surface area contributed by atoms with Crippen LogP contribution in [0.5, 0.6) is 0 Å². The van der Waals surface area contributed by atoms with E-state index in [2.05, 4.69) is 0 Å². The lowest BCUT2D eigenvalue weighted by Gasteiger charge is -2.15. The van der Waals surface area contributed by atoms with Crippen molar-refractivity contribution >= 4 is 27.5 Å². The minimum atomic E-state index is -4.50. The van der Waals surface area contributed by atoms with E-state index in [4.69, 9.17) is 5.14 Å². The number of hydrogen-bond acceptors (Lipinski definition) is 4. The maximum atomic E-state index is 12.7.